The van der Waals surface area contributed by atoms with Crippen LogP contribution in [0.1, 0.15) is 16.5 Å². The molecule has 15 heavy (non-hydrogen) atoms. The molecule has 80 valence electrons. The quantitative estimate of drug-likeness (QED) is 0.902. The lowest BCUT2D eigenvalue weighted by atomic mass is 10.2. The molecule has 1 N–H and O–H groups in total. The van der Waals surface area contributed by atoms with Crippen molar-refractivity contribution in [3.8, 4) is 0 Å². The number of aryl methyl sites for hydroxylation is 1. The van der Waals surface area contributed by atoms with Gasteiger partial charge in [0, 0.05) is 28.2 Å². The lowest BCUT2D eigenvalue weighted by Crippen LogP contribution is -1.94. The first-order valence-electron chi connectivity index (χ1n) is 4.19. The third-order valence-electron chi connectivity index (χ3n) is 1.97. The van der Waals surface area contributed by atoms with Crippen LogP contribution in [0, 0.1) is 0 Å². The van der Waals surface area contributed by atoms with Crippen LogP contribution in [0.4, 0.5) is 0 Å². The molecule has 0 fully saturated rings. The Kier molecular flexibility index (Phi) is 3.30. The molecule has 0 radical (unpaired) electrons. The largest absolute Gasteiger partial charge is 0.383 e. The van der Waals surface area contributed by atoms with Gasteiger partial charge in [0.05, 0.1) is 9.98 Å². The van der Waals surface area contributed by atoms with Gasteiger partial charge in [0.1, 0.15) is 6.10 Å². The highest BCUT2D eigenvalue weighted by Crippen LogP contribution is 2.37. The van der Waals surface area contributed by atoms with Crippen molar-refractivity contribution >= 4 is 43.2 Å². The number of aliphatic hydroxyl groups is 1. The molecule has 2 aromatic rings. The SMILES string of the molecule is Cn1cc(C(O)c2cc(Br)c(Br)s2)cn1. The first-order chi connectivity index (χ1) is 7.08. The zero-order valence-corrected chi connectivity index (χ0v) is 11.8. The van der Waals surface area contributed by atoms with E-state index in [0.717, 1.165) is 18.7 Å². The normalized spacial score (nSPS) is 13.1. The van der Waals surface area contributed by atoms with Crippen molar-refractivity contribution in [2.24, 2.45) is 7.05 Å². The second-order valence-electron chi connectivity index (χ2n) is 3.12. The van der Waals surface area contributed by atoms with E-state index in [1.54, 1.807) is 10.9 Å². The number of aromatic nitrogens is 2. The summed E-state index contributed by atoms with van der Waals surface area (Å²) in [6.45, 7) is 0. The topological polar surface area (TPSA) is 38.0 Å². The van der Waals surface area contributed by atoms with Crippen LogP contribution < -0.4 is 0 Å². The predicted octanol–water partition coefficient (Wildman–Crippen LogP) is 3.09. The molecule has 0 aliphatic rings. The third kappa shape index (κ3) is 2.33. The standard InChI is InChI=1S/C9H8Br2N2OS/c1-13-4-5(3-12-13)8(14)7-2-6(10)9(11)15-7/h2-4,8,14H,1H3. The maximum Gasteiger partial charge on any atom is 0.116 e. The van der Waals surface area contributed by atoms with Crippen molar-refractivity contribution in [2.75, 3.05) is 0 Å². The number of nitrogens with zero attached hydrogens (tertiary/aromatic N) is 2. The van der Waals surface area contributed by atoms with Gasteiger partial charge in [-0.25, -0.2) is 0 Å². The molecule has 1 unspecified atom stereocenters. The summed E-state index contributed by atoms with van der Waals surface area (Å²) in [5.74, 6) is 0. The Morgan fingerprint density at radius 3 is 2.73 bits per heavy atom. The number of aliphatic hydroxyl groups excluding tert-OH is 1. The van der Waals surface area contributed by atoms with E-state index in [9.17, 15) is 5.11 Å². The number of thiophene rings is 1. The second kappa shape index (κ2) is 4.37. The minimum Gasteiger partial charge on any atom is -0.383 e. The van der Waals surface area contributed by atoms with Crippen LogP contribution in [-0.4, -0.2) is 14.9 Å². The molecule has 0 aliphatic heterocycles. The van der Waals surface area contributed by atoms with Crippen molar-refractivity contribution in [3.05, 3.63) is 37.2 Å². The number of rotatable bonds is 2. The van der Waals surface area contributed by atoms with E-state index in [-0.39, 0.29) is 0 Å². The summed E-state index contributed by atoms with van der Waals surface area (Å²) in [5.41, 5.74) is 0.804. The van der Waals surface area contributed by atoms with Crippen molar-refractivity contribution in [2.45, 2.75) is 6.10 Å². The molecule has 3 nitrogen and oxygen atoms in total. The summed E-state index contributed by atoms with van der Waals surface area (Å²) in [4.78, 5) is 0.891. The molecular weight excluding hydrogens is 344 g/mol. The average Bonchev–Trinajstić information content (AvgIpc) is 2.74. The maximum absolute atomic E-state index is 10.1. The second-order valence-corrected chi connectivity index (χ2v) is 6.38. The Labute approximate surface area is 108 Å². The lowest BCUT2D eigenvalue weighted by molar-refractivity contribution is 0.224. The minimum absolute atomic E-state index is 0.605. The van der Waals surface area contributed by atoms with E-state index in [4.69, 9.17) is 0 Å². The van der Waals surface area contributed by atoms with Gasteiger partial charge in [-0.1, -0.05) is 0 Å². The van der Waals surface area contributed by atoms with Gasteiger partial charge in [0.25, 0.3) is 0 Å². The summed E-state index contributed by atoms with van der Waals surface area (Å²) < 4.78 is 3.63. The van der Waals surface area contributed by atoms with Crippen LogP contribution >= 0.6 is 43.2 Å². The lowest BCUT2D eigenvalue weighted by Gasteiger charge is -2.03. The van der Waals surface area contributed by atoms with Gasteiger partial charge in [-0.05, 0) is 37.9 Å². The Hall–Kier alpha value is -0.170. The molecule has 6 heteroatoms. The summed E-state index contributed by atoms with van der Waals surface area (Å²) >= 11 is 8.30. The molecule has 2 aromatic heterocycles. The van der Waals surface area contributed by atoms with E-state index in [2.05, 4.69) is 37.0 Å². The fourth-order valence-corrected chi connectivity index (χ4v) is 3.35. The van der Waals surface area contributed by atoms with Gasteiger partial charge in [-0.3, -0.25) is 4.68 Å². The van der Waals surface area contributed by atoms with Crippen LogP contribution in [0.5, 0.6) is 0 Å². The molecule has 0 amide bonds. The zero-order chi connectivity index (χ0) is 11.0. The van der Waals surface area contributed by atoms with E-state index < -0.39 is 6.10 Å². The fraction of sp³-hybridized carbons (Fsp3) is 0.222. The van der Waals surface area contributed by atoms with E-state index in [0.29, 0.717) is 0 Å². The molecule has 0 saturated carbocycles. The maximum atomic E-state index is 10.1. The summed E-state index contributed by atoms with van der Waals surface area (Å²) in [7, 11) is 1.83. The van der Waals surface area contributed by atoms with Crippen molar-refractivity contribution in [3.63, 3.8) is 0 Å². The monoisotopic (exact) mass is 350 g/mol. The summed E-state index contributed by atoms with van der Waals surface area (Å²) in [6, 6.07) is 1.91. The molecule has 0 saturated heterocycles. The highest BCUT2D eigenvalue weighted by atomic mass is 79.9. The first kappa shape index (κ1) is 11.3. The van der Waals surface area contributed by atoms with Gasteiger partial charge in [-0.15, -0.1) is 11.3 Å². The van der Waals surface area contributed by atoms with Gasteiger partial charge >= 0.3 is 0 Å². The number of hydrogen-bond donors (Lipinski definition) is 1. The van der Waals surface area contributed by atoms with Gasteiger partial charge in [-0.2, -0.15) is 5.10 Å². The Morgan fingerprint density at radius 2 is 2.27 bits per heavy atom. The molecule has 1 atom stereocenters. The van der Waals surface area contributed by atoms with Gasteiger partial charge in [0.2, 0.25) is 0 Å². The Morgan fingerprint density at radius 1 is 1.53 bits per heavy atom. The first-order valence-corrected chi connectivity index (χ1v) is 6.59. The molecule has 0 aliphatic carbocycles. The number of halogens is 2. The molecule has 2 rings (SSSR count). The van der Waals surface area contributed by atoms with Crippen molar-refractivity contribution < 1.29 is 5.11 Å². The van der Waals surface area contributed by atoms with Gasteiger partial charge < -0.3 is 5.11 Å². The summed E-state index contributed by atoms with van der Waals surface area (Å²) in [5, 5.41) is 14.1. The third-order valence-corrected chi connectivity index (χ3v) is 5.28. The van der Waals surface area contributed by atoms with E-state index in [1.807, 2.05) is 19.3 Å². The van der Waals surface area contributed by atoms with Crippen LogP contribution in [0.15, 0.2) is 26.7 Å². The van der Waals surface area contributed by atoms with Crippen LogP contribution in [-0.2, 0) is 7.05 Å². The number of hydrogen-bond acceptors (Lipinski definition) is 3. The highest BCUT2D eigenvalue weighted by Gasteiger charge is 2.16. The smallest absolute Gasteiger partial charge is 0.116 e. The van der Waals surface area contributed by atoms with Crippen LogP contribution in [0.25, 0.3) is 0 Å². The van der Waals surface area contributed by atoms with E-state index >= 15 is 0 Å². The Bertz CT molecular complexity index is 461. The highest BCUT2D eigenvalue weighted by molar-refractivity contribution is 9.13. The van der Waals surface area contributed by atoms with Crippen molar-refractivity contribution in [1.29, 1.82) is 0 Å². The van der Waals surface area contributed by atoms with Crippen molar-refractivity contribution in [1.82, 2.24) is 9.78 Å². The van der Waals surface area contributed by atoms with Gasteiger partial charge in [0.15, 0.2) is 0 Å². The average molecular weight is 352 g/mol. The van der Waals surface area contributed by atoms with Crippen LogP contribution in [0.2, 0.25) is 0 Å². The molecule has 2 heterocycles. The van der Waals surface area contributed by atoms with Crippen LogP contribution in [0.3, 0.4) is 0 Å². The summed E-state index contributed by atoms with van der Waals surface area (Å²) in [6.07, 6.45) is 2.88. The minimum atomic E-state index is -0.605. The fourth-order valence-electron chi connectivity index (χ4n) is 1.24. The molecule has 0 aromatic carbocycles. The predicted molar refractivity (Wildman–Crippen MR) is 67.0 cm³/mol. The zero-order valence-electron chi connectivity index (χ0n) is 7.82. The molecule has 0 spiro atoms. The van der Waals surface area contributed by atoms with E-state index in [1.165, 1.54) is 11.3 Å². The Balaban J connectivity index is 2.31. The molecule has 0 bridgehead atoms. The molecular formula is C9H8Br2N2OS.